The van der Waals surface area contributed by atoms with Crippen molar-refractivity contribution >= 4 is 11.8 Å². The standard InChI is InChI=1S/C19H24O4/c1-8-5-11(20)7-10-3-4-19-9(2)6-12(23-18(19)22)15-16(19)14(10)13(8)17(15)21/h8-12,15-16,20H,3-7H2,1-2H3/t8-,9+,10+,11-,12-,15+,16+,19+/m0/s1. The maximum absolute atomic E-state index is 13.2. The number of aliphatic hydroxyl groups is 1. The van der Waals surface area contributed by atoms with Gasteiger partial charge in [-0.2, -0.15) is 0 Å². The zero-order valence-electron chi connectivity index (χ0n) is 13.7. The fourth-order valence-electron chi connectivity index (χ4n) is 6.79. The Morgan fingerprint density at radius 3 is 2.70 bits per heavy atom. The number of ketones is 1. The highest BCUT2D eigenvalue weighted by atomic mass is 16.5. The third kappa shape index (κ3) is 1.47. The molecule has 6 rings (SSSR count). The van der Waals surface area contributed by atoms with Crippen molar-refractivity contribution in [3.05, 3.63) is 11.1 Å². The minimum Gasteiger partial charge on any atom is -0.461 e. The van der Waals surface area contributed by atoms with Crippen molar-refractivity contribution in [2.45, 2.75) is 58.2 Å². The van der Waals surface area contributed by atoms with Gasteiger partial charge in [0, 0.05) is 5.92 Å². The van der Waals surface area contributed by atoms with E-state index in [1.807, 2.05) is 0 Å². The van der Waals surface area contributed by atoms with Gasteiger partial charge >= 0.3 is 5.97 Å². The molecule has 4 nitrogen and oxygen atoms in total. The van der Waals surface area contributed by atoms with Gasteiger partial charge in [0.25, 0.3) is 0 Å². The molecule has 0 unspecified atom stereocenters. The molecule has 1 N–H and O–H groups in total. The third-order valence-electron chi connectivity index (χ3n) is 7.65. The average Bonchev–Trinajstić information content (AvgIpc) is 2.72. The molecule has 2 aliphatic heterocycles. The highest BCUT2D eigenvalue weighted by Gasteiger charge is 2.71. The Balaban J connectivity index is 1.73. The first-order valence-electron chi connectivity index (χ1n) is 9.12. The Morgan fingerprint density at radius 2 is 1.96 bits per heavy atom. The second kappa shape index (κ2) is 4.27. The second-order valence-corrected chi connectivity index (χ2v) is 8.62. The van der Waals surface area contributed by atoms with Gasteiger partial charge in [-0.25, -0.2) is 0 Å². The van der Waals surface area contributed by atoms with Crippen molar-refractivity contribution in [1.82, 2.24) is 0 Å². The summed E-state index contributed by atoms with van der Waals surface area (Å²) in [4.78, 5) is 26.0. The summed E-state index contributed by atoms with van der Waals surface area (Å²) in [6.45, 7) is 4.24. The molecule has 2 heterocycles. The van der Waals surface area contributed by atoms with Crippen LogP contribution in [0.5, 0.6) is 0 Å². The first kappa shape index (κ1) is 14.2. The van der Waals surface area contributed by atoms with E-state index in [4.69, 9.17) is 4.74 Å². The van der Waals surface area contributed by atoms with Crippen LogP contribution in [0.15, 0.2) is 11.1 Å². The Kier molecular flexibility index (Phi) is 2.64. The van der Waals surface area contributed by atoms with Crippen LogP contribution in [-0.2, 0) is 14.3 Å². The number of hydrogen-bond acceptors (Lipinski definition) is 4. The second-order valence-electron chi connectivity index (χ2n) is 8.62. The molecule has 4 aliphatic carbocycles. The Bertz CT molecular complexity index is 650. The Hall–Kier alpha value is -1.16. The van der Waals surface area contributed by atoms with E-state index in [1.165, 1.54) is 5.57 Å². The van der Waals surface area contributed by atoms with Crippen LogP contribution < -0.4 is 0 Å². The van der Waals surface area contributed by atoms with Gasteiger partial charge in [-0.05, 0) is 55.4 Å². The van der Waals surface area contributed by atoms with Gasteiger partial charge in [0.1, 0.15) is 6.10 Å². The van der Waals surface area contributed by atoms with E-state index in [9.17, 15) is 14.7 Å². The average molecular weight is 316 g/mol. The quantitative estimate of drug-likeness (QED) is 0.696. The molecule has 0 aromatic heterocycles. The SMILES string of the molecule is C[C@@H]1C[C@@H]2OC(=O)[C@]13CC[C@@H]1C[C@@H](O)C[C@H](C)C4=C1[C@@H]3[C@@H]2C4=O. The lowest BCUT2D eigenvalue weighted by Crippen LogP contribution is -2.64. The number of allylic oxidation sites excluding steroid dienone is 2. The molecular weight excluding hydrogens is 292 g/mol. The van der Waals surface area contributed by atoms with E-state index < -0.39 is 5.41 Å². The maximum atomic E-state index is 13.2. The lowest BCUT2D eigenvalue weighted by atomic mass is 9.48. The molecule has 0 aromatic rings. The van der Waals surface area contributed by atoms with E-state index in [0.717, 1.165) is 31.3 Å². The summed E-state index contributed by atoms with van der Waals surface area (Å²) in [6.07, 6.45) is 3.43. The number of esters is 1. The molecule has 2 saturated carbocycles. The molecule has 2 saturated heterocycles. The number of fused-ring (bicyclic) bond motifs is 2. The van der Waals surface area contributed by atoms with Gasteiger partial charge < -0.3 is 9.84 Å². The number of carbonyl (C=O) groups excluding carboxylic acids is 2. The Morgan fingerprint density at radius 1 is 1.17 bits per heavy atom. The van der Waals surface area contributed by atoms with Crippen molar-refractivity contribution in [2.24, 2.45) is 35.0 Å². The predicted octanol–water partition coefficient (Wildman–Crippen LogP) is 2.25. The first-order valence-corrected chi connectivity index (χ1v) is 9.12. The molecule has 0 radical (unpaired) electrons. The van der Waals surface area contributed by atoms with Crippen molar-refractivity contribution in [3.8, 4) is 0 Å². The normalized spacial score (nSPS) is 54.0. The molecular formula is C19H24O4. The number of carbonyl (C=O) groups is 2. The number of aliphatic hydroxyl groups excluding tert-OH is 1. The van der Waals surface area contributed by atoms with Crippen molar-refractivity contribution in [2.75, 3.05) is 0 Å². The number of ether oxygens (including phenoxy) is 1. The molecule has 4 fully saturated rings. The molecule has 0 amide bonds. The van der Waals surface area contributed by atoms with Gasteiger partial charge in [0.2, 0.25) is 0 Å². The van der Waals surface area contributed by atoms with Gasteiger partial charge in [-0.3, -0.25) is 9.59 Å². The van der Waals surface area contributed by atoms with Crippen LogP contribution in [0.2, 0.25) is 0 Å². The minimum absolute atomic E-state index is 0.0556. The van der Waals surface area contributed by atoms with E-state index in [-0.39, 0.29) is 47.6 Å². The smallest absolute Gasteiger partial charge is 0.313 e. The fraction of sp³-hybridized carbons (Fsp3) is 0.789. The highest BCUT2D eigenvalue weighted by Crippen LogP contribution is 2.67. The van der Waals surface area contributed by atoms with E-state index in [1.54, 1.807) is 0 Å². The van der Waals surface area contributed by atoms with Gasteiger partial charge in [-0.1, -0.05) is 19.4 Å². The number of hydrogen-bond donors (Lipinski definition) is 1. The fourth-order valence-corrected chi connectivity index (χ4v) is 6.79. The molecule has 8 atom stereocenters. The van der Waals surface area contributed by atoms with Crippen LogP contribution in [0, 0.1) is 35.0 Å². The largest absolute Gasteiger partial charge is 0.461 e. The van der Waals surface area contributed by atoms with Crippen LogP contribution in [0.1, 0.15) is 46.0 Å². The van der Waals surface area contributed by atoms with Crippen LogP contribution in [0.4, 0.5) is 0 Å². The lowest BCUT2D eigenvalue weighted by Gasteiger charge is -2.59. The van der Waals surface area contributed by atoms with E-state index >= 15 is 0 Å². The van der Waals surface area contributed by atoms with Crippen LogP contribution >= 0.6 is 0 Å². The van der Waals surface area contributed by atoms with E-state index in [2.05, 4.69) is 13.8 Å². The molecule has 6 aliphatic rings. The summed E-state index contributed by atoms with van der Waals surface area (Å²) in [5, 5.41) is 10.3. The van der Waals surface area contributed by atoms with E-state index in [0.29, 0.717) is 12.3 Å². The molecule has 4 heteroatoms. The summed E-state index contributed by atoms with van der Waals surface area (Å²) in [5.74, 6) is 0.782. The van der Waals surface area contributed by atoms with Crippen LogP contribution in [-0.4, -0.2) is 29.1 Å². The van der Waals surface area contributed by atoms with Gasteiger partial charge in [0.05, 0.1) is 17.4 Å². The molecule has 23 heavy (non-hydrogen) atoms. The monoisotopic (exact) mass is 316 g/mol. The highest BCUT2D eigenvalue weighted by molar-refractivity contribution is 6.04. The van der Waals surface area contributed by atoms with Crippen molar-refractivity contribution in [3.63, 3.8) is 0 Å². The zero-order chi connectivity index (χ0) is 16.1. The zero-order valence-corrected chi connectivity index (χ0v) is 13.7. The summed E-state index contributed by atoms with van der Waals surface area (Å²) in [5.41, 5.74) is 1.74. The molecule has 1 spiro atoms. The summed E-state index contributed by atoms with van der Waals surface area (Å²) in [7, 11) is 0. The maximum Gasteiger partial charge on any atom is 0.313 e. The lowest BCUT2D eigenvalue weighted by molar-refractivity contribution is -0.215. The first-order chi connectivity index (χ1) is 10.9. The molecule has 124 valence electrons. The van der Waals surface area contributed by atoms with Gasteiger partial charge in [0.15, 0.2) is 5.78 Å². The number of Topliss-reactive ketones (excluding diaryl/α,β-unsaturated/α-hetero) is 1. The summed E-state index contributed by atoms with van der Waals surface area (Å²) < 4.78 is 5.72. The minimum atomic E-state index is -0.475. The number of rotatable bonds is 0. The van der Waals surface area contributed by atoms with Crippen LogP contribution in [0.3, 0.4) is 0 Å². The van der Waals surface area contributed by atoms with Crippen LogP contribution in [0.25, 0.3) is 0 Å². The Labute approximate surface area is 136 Å². The van der Waals surface area contributed by atoms with Crippen molar-refractivity contribution in [1.29, 1.82) is 0 Å². The van der Waals surface area contributed by atoms with Crippen molar-refractivity contribution < 1.29 is 19.4 Å². The van der Waals surface area contributed by atoms with Gasteiger partial charge in [-0.15, -0.1) is 0 Å². The third-order valence-corrected chi connectivity index (χ3v) is 7.65. The summed E-state index contributed by atoms with van der Waals surface area (Å²) >= 11 is 0. The molecule has 2 bridgehead atoms. The summed E-state index contributed by atoms with van der Waals surface area (Å²) in [6, 6.07) is 0. The predicted molar refractivity (Wildman–Crippen MR) is 82.2 cm³/mol. The topological polar surface area (TPSA) is 63.6 Å². The molecule has 0 aromatic carbocycles.